The lowest BCUT2D eigenvalue weighted by Crippen LogP contribution is -1.98. The molecule has 0 aliphatic heterocycles. The fourth-order valence-corrected chi connectivity index (χ4v) is 2.37. The lowest BCUT2D eigenvalue weighted by molar-refractivity contribution is -0.117. The van der Waals surface area contributed by atoms with Gasteiger partial charge in [0.1, 0.15) is 5.78 Å². The van der Waals surface area contributed by atoms with Crippen LogP contribution in [0.5, 0.6) is 0 Å². The molecule has 2 heteroatoms. The van der Waals surface area contributed by atoms with Gasteiger partial charge in [-0.15, -0.1) is 0 Å². The normalized spacial score (nSPS) is 11.7. The van der Waals surface area contributed by atoms with Crippen molar-refractivity contribution < 1.29 is 9.90 Å². The highest BCUT2D eigenvalue weighted by molar-refractivity contribution is 5.75. The molecule has 0 saturated heterocycles. The summed E-state index contributed by atoms with van der Waals surface area (Å²) >= 11 is 0. The summed E-state index contributed by atoms with van der Waals surface area (Å²) in [5.74, 6) is 0.334. The van der Waals surface area contributed by atoms with Gasteiger partial charge in [0.25, 0.3) is 0 Å². The fourth-order valence-electron chi connectivity index (χ4n) is 2.37. The quantitative estimate of drug-likeness (QED) is 0.374. The molecule has 1 atom stereocenters. The Morgan fingerprint density at radius 2 is 1.18 bits per heavy atom. The van der Waals surface area contributed by atoms with E-state index in [0.29, 0.717) is 5.78 Å². The molecular weight excluding hydrogens is 272 g/mol. The molecule has 0 spiro atoms. The summed E-state index contributed by atoms with van der Waals surface area (Å²) in [5, 5.41) is 8.96. The predicted octanol–water partition coefficient (Wildman–Crippen LogP) is 6.44. The van der Waals surface area contributed by atoms with Crippen LogP contribution in [0.25, 0.3) is 0 Å². The fraction of sp³-hybridized carbons (Fsp3) is 0.950. The maximum absolute atomic E-state index is 10.5. The van der Waals surface area contributed by atoms with Gasteiger partial charge < -0.3 is 9.90 Å². The molecule has 0 aliphatic carbocycles. The van der Waals surface area contributed by atoms with E-state index in [1.807, 2.05) is 6.92 Å². The Morgan fingerprint density at radius 3 is 1.59 bits per heavy atom. The van der Waals surface area contributed by atoms with Crippen LogP contribution in [0.1, 0.15) is 118 Å². The van der Waals surface area contributed by atoms with Gasteiger partial charge in [0.2, 0.25) is 0 Å². The predicted molar refractivity (Wildman–Crippen MR) is 98.3 cm³/mol. The molecule has 0 rings (SSSR count). The summed E-state index contributed by atoms with van der Waals surface area (Å²) in [6, 6.07) is 0. The summed E-state index contributed by atoms with van der Waals surface area (Å²) in [5.41, 5.74) is 0. The summed E-state index contributed by atoms with van der Waals surface area (Å²) in [4.78, 5) is 10.5. The van der Waals surface area contributed by atoms with Crippen molar-refractivity contribution in [3.05, 3.63) is 0 Å². The van der Waals surface area contributed by atoms with Gasteiger partial charge in [-0.25, -0.2) is 0 Å². The van der Waals surface area contributed by atoms with E-state index in [-0.39, 0.29) is 6.10 Å². The molecule has 2 nitrogen and oxygen atoms in total. The van der Waals surface area contributed by atoms with E-state index in [1.165, 1.54) is 70.6 Å². The Hall–Kier alpha value is -0.370. The Balaban J connectivity index is 0. The molecule has 22 heavy (non-hydrogen) atoms. The zero-order chi connectivity index (χ0) is 17.1. The van der Waals surface area contributed by atoms with E-state index in [1.54, 1.807) is 6.92 Å². The summed E-state index contributed by atoms with van der Waals surface area (Å²) in [7, 11) is 0. The first-order valence-electron chi connectivity index (χ1n) is 9.72. The molecule has 1 N–H and O–H groups in total. The van der Waals surface area contributed by atoms with E-state index in [2.05, 4.69) is 13.8 Å². The topological polar surface area (TPSA) is 37.3 Å². The average molecular weight is 315 g/mol. The van der Waals surface area contributed by atoms with Crippen molar-refractivity contribution >= 4 is 5.78 Å². The molecule has 0 aromatic carbocycles. The molecule has 1 unspecified atom stereocenters. The maximum Gasteiger partial charge on any atom is 0.129 e. The number of carbonyl (C=O) groups is 1. The highest BCUT2D eigenvalue weighted by Crippen LogP contribution is 2.08. The second kappa shape index (κ2) is 20.6. The maximum atomic E-state index is 10.5. The number of hydrogen-bond acceptors (Lipinski definition) is 2. The van der Waals surface area contributed by atoms with Gasteiger partial charge in [0, 0.05) is 6.42 Å². The smallest absolute Gasteiger partial charge is 0.129 e. The Morgan fingerprint density at radius 1 is 0.773 bits per heavy atom. The van der Waals surface area contributed by atoms with E-state index in [0.717, 1.165) is 19.3 Å². The zero-order valence-corrected chi connectivity index (χ0v) is 15.8. The van der Waals surface area contributed by atoms with Crippen molar-refractivity contribution in [2.75, 3.05) is 0 Å². The highest BCUT2D eigenvalue weighted by Gasteiger charge is 1.94. The summed E-state index contributed by atoms with van der Waals surface area (Å²) < 4.78 is 0. The number of rotatable bonds is 14. The minimum Gasteiger partial charge on any atom is -0.393 e. The minimum atomic E-state index is -0.0961. The van der Waals surface area contributed by atoms with Crippen molar-refractivity contribution in [3.8, 4) is 0 Å². The van der Waals surface area contributed by atoms with Crippen LogP contribution >= 0.6 is 0 Å². The van der Waals surface area contributed by atoms with Gasteiger partial charge in [0.05, 0.1) is 6.10 Å². The van der Waals surface area contributed by atoms with Crippen LogP contribution in [0.2, 0.25) is 0 Å². The summed E-state index contributed by atoms with van der Waals surface area (Å²) in [6.45, 7) is 7.99. The summed E-state index contributed by atoms with van der Waals surface area (Å²) in [6.07, 6.45) is 17.2. The van der Waals surface area contributed by atoms with Gasteiger partial charge in [0.15, 0.2) is 0 Å². The third kappa shape index (κ3) is 27.9. The number of carbonyl (C=O) groups excluding carboxylic acids is 1. The minimum absolute atomic E-state index is 0.0961. The first-order chi connectivity index (χ1) is 10.5. The van der Waals surface area contributed by atoms with Crippen molar-refractivity contribution in [1.29, 1.82) is 0 Å². The molecule has 0 aliphatic rings. The molecule has 0 heterocycles. The van der Waals surface area contributed by atoms with Gasteiger partial charge in [-0.1, -0.05) is 84.5 Å². The van der Waals surface area contributed by atoms with Gasteiger partial charge >= 0.3 is 0 Å². The molecule has 134 valence electrons. The van der Waals surface area contributed by atoms with E-state index < -0.39 is 0 Å². The molecule has 0 radical (unpaired) electrons. The molecular formula is C20H42O2. The lowest BCUT2D eigenvalue weighted by Gasteiger charge is -2.02. The van der Waals surface area contributed by atoms with Crippen LogP contribution in [0.4, 0.5) is 0 Å². The lowest BCUT2D eigenvalue weighted by atomic mass is 10.1. The van der Waals surface area contributed by atoms with Crippen LogP contribution in [0.15, 0.2) is 0 Å². The highest BCUT2D eigenvalue weighted by atomic mass is 16.3. The first kappa shape index (κ1) is 23.9. The molecule has 0 fully saturated rings. The second-order valence-electron chi connectivity index (χ2n) is 6.63. The van der Waals surface area contributed by atoms with E-state index in [4.69, 9.17) is 5.11 Å². The first-order valence-corrected chi connectivity index (χ1v) is 9.72. The zero-order valence-electron chi connectivity index (χ0n) is 15.8. The Bertz CT molecular complexity index is 212. The molecule has 0 aromatic heterocycles. The van der Waals surface area contributed by atoms with E-state index in [9.17, 15) is 4.79 Å². The van der Waals surface area contributed by atoms with Gasteiger partial charge in [-0.3, -0.25) is 0 Å². The van der Waals surface area contributed by atoms with Crippen LogP contribution in [0.3, 0.4) is 0 Å². The average Bonchev–Trinajstić information content (AvgIpc) is 2.46. The van der Waals surface area contributed by atoms with Crippen molar-refractivity contribution in [2.24, 2.45) is 0 Å². The van der Waals surface area contributed by atoms with Crippen LogP contribution < -0.4 is 0 Å². The van der Waals surface area contributed by atoms with Crippen molar-refractivity contribution in [1.82, 2.24) is 0 Å². The largest absolute Gasteiger partial charge is 0.393 e. The molecule has 0 saturated carbocycles. The van der Waals surface area contributed by atoms with Crippen LogP contribution in [0, 0.1) is 0 Å². The monoisotopic (exact) mass is 314 g/mol. The molecule has 0 aromatic rings. The number of aliphatic hydroxyl groups is 1. The van der Waals surface area contributed by atoms with Crippen LogP contribution in [-0.4, -0.2) is 17.0 Å². The third-order valence-electron chi connectivity index (χ3n) is 3.86. The number of aliphatic hydroxyl groups excluding tert-OH is 1. The van der Waals surface area contributed by atoms with Crippen molar-refractivity contribution in [2.45, 2.75) is 124 Å². The van der Waals surface area contributed by atoms with E-state index >= 15 is 0 Å². The second-order valence-corrected chi connectivity index (χ2v) is 6.63. The van der Waals surface area contributed by atoms with Crippen LogP contribution in [-0.2, 0) is 4.79 Å². The Kier molecular flexibility index (Phi) is 22.4. The molecule has 0 bridgehead atoms. The van der Waals surface area contributed by atoms with Crippen molar-refractivity contribution in [3.63, 3.8) is 0 Å². The third-order valence-corrected chi connectivity index (χ3v) is 3.86. The number of unbranched alkanes of at least 4 members (excludes halogenated alkanes) is 10. The standard InChI is InChI=1S/C10H22O.C10H20O/c2*1-3-4-5-6-7-8-9-10(2)11/h10-11H,3-9H2,1-2H3;3-9H2,1-2H3. The van der Waals surface area contributed by atoms with Gasteiger partial charge in [-0.2, -0.15) is 0 Å². The Labute approximate surface area is 140 Å². The van der Waals surface area contributed by atoms with Gasteiger partial charge in [-0.05, 0) is 26.7 Å². The number of Topliss-reactive ketones (excluding diaryl/α,β-unsaturated/α-hetero) is 1. The molecule has 0 amide bonds. The number of hydrogen-bond donors (Lipinski definition) is 1. The SMILES string of the molecule is CCCCCCCCC(C)=O.CCCCCCCCC(C)O. The number of ketones is 1.